The first kappa shape index (κ1) is 19.6. The Bertz CT molecular complexity index is 1300. The summed E-state index contributed by atoms with van der Waals surface area (Å²) in [4.78, 5) is 24.5. The second-order valence-electron chi connectivity index (χ2n) is 7.16. The zero-order chi connectivity index (χ0) is 21.2. The molecule has 0 bridgehead atoms. The molecule has 0 amide bonds. The second-order valence-corrected chi connectivity index (χ2v) is 8.08. The van der Waals surface area contributed by atoms with E-state index in [0.29, 0.717) is 36.7 Å². The number of ether oxygens (including phenoxy) is 2. The Hall–Kier alpha value is -3.39. The predicted molar refractivity (Wildman–Crippen MR) is 123 cm³/mol. The van der Waals surface area contributed by atoms with Crippen LogP contribution in [0.1, 0.15) is 12.0 Å². The number of aromatic amines is 1. The van der Waals surface area contributed by atoms with Gasteiger partial charge >= 0.3 is 0 Å². The summed E-state index contributed by atoms with van der Waals surface area (Å²) in [5.41, 5.74) is 2.86. The highest BCUT2D eigenvalue weighted by molar-refractivity contribution is 9.10. The molecule has 0 saturated heterocycles. The maximum Gasteiger partial charge on any atom is 0.262 e. The molecule has 0 saturated carbocycles. The number of nitrogens with one attached hydrogen (secondary N) is 2. The molecule has 8 heteroatoms. The van der Waals surface area contributed by atoms with E-state index < -0.39 is 0 Å². The van der Waals surface area contributed by atoms with Gasteiger partial charge < -0.3 is 14.8 Å². The van der Waals surface area contributed by atoms with E-state index in [-0.39, 0.29) is 5.56 Å². The molecular formula is C23H19BrN4O3. The Morgan fingerprint density at radius 1 is 1.03 bits per heavy atom. The van der Waals surface area contributed by atoms with Crippen molar-refractivity contribution in [2.45, 2.75) is 13.0 Å². The molecule has 0 atom stereocenters. The first-order valence-electron chi connectivity index (χ1n) is 9.95. The van der Waals surface area contributed by atoms with Crippen LogP contribution in [0.2, 0.25) is 0 Å². The maximum atomic E-state index is 12.9. The van der Waals surface area contributed by atoms with Crippen LogP contribution in [0.15, 0.2) is 64.0 Å². The standard InChI is InChI=1S/C23H19BrN4O3/c24-16-5-3-15(4-6-16)17-8-9-25-21-20(17)22(29)28-23(27-21)26-13-14-2-7-18-19(12-14)31-11-1-10-30-18/h2-9,12H,1,10-11,13H2,(H2,25,26,27,28,29). The highest BCUT2D eigenvalue weighted by Crippen LogP contribution is 2.31. The Morgan fingerprint density at radius 2 is 1.84 bits per heavy atom. The van der Waals surface area contributed by atoms with Gasteiger partial charge in [-0.15, -0.1) is 0 Å². The molecule has 7 nitrogen and oxygen atoms in total. The van der Waals surface area contributed by atoms with Gasteiger partial charge in [0.05, 0.1) is 18.6 Å². The number of fused-ring (bicyclic) bond motifs is 2. The molecule has 5 rings (SSSR count). The second kappa shape index (κ2) is 8.39. The third-order valence-electron chi connectivity index (χ3n) is 5.03. The Kier molecular flexibility index (Phi) is 5.30. The summed E-state index contributed by atoms with van der Waals surface area (Å²) in [6, 6.07) is 15.4. The number of nitrogens with zero attached hydrogens (tertiary/aromatic N) is 2. The topological polar surface area (TPSA) is 89.1 Å². The van der Waals surface area contributed by atoms with Crippen LogP contribution < -0.4 is 20.3 Å². The number of pyridine rings is 1. The van der Waals surface area contributed by atoms with Crippen molar-refractivity contribution in [1.82, 2.24) is 15.0 Å². The quantitative estimate of drug-likeness (QED) is 0.448. The minimum Gasteiger partial charge on any atom is -0.490 e. The van der Waals surface area contributed by atoms with E-state index in [2.05, 4.69) is 36.2 Å². The Labute approximate surface area is 186 Å². The van der Waals surface area contributed by atoms with Crippen LogP contribution >= 0.6 is 15.9 Å². The van der Waals surface area contributed by atoms with Crippen LogP contribution in [0.4, 0.5) is 5.95 Å². The molecule has 0 fully saturated rings. The number of halogens is 1. The number of hydrogen-bond acceptors (Lipinski definition) is 6. The summed E-state index contributed by atoms with van der Waals surface area (Å²) in [6.45, 7) is 1.76. The van der Waals surface area contributed by atoms with Crippen LogP contribution in [-0.4, -0.2) is 28.2 Å². The minimum atomic E-state index is -0.239. The smallest absolute Gasteiger partial charge is 0.262 e. The normalized spacial score (nSPS) is 13.1. The van der Waals surface area contributed by atoms with Crippen LogP contribution in [0.5, 0.6) is 11.5 Å². The molecule has 3 heterocycles. The van der Waals surface area contributed by atoms with Crippen molar-refractivity contribution in [3.05, 3.63) is 75.1 Å². The third-order valence-corrected chi connectivity index (χ3v) is 5.56. The van der Waals surface area contributed by atoms with Gasteiger partial charge in [0.15, 0.2) is 17.1 Å². The number of rotatable bonds is 4. The van der Waals surface area contributed by atoms with Crippen LogP contribution in [0.3, 0.4) is 0 Å². The van der Waals surface area contributed by atoms with Gasteiger partial charge in [-0.05, 0) is 47.0 Å². The van der Waals surface area contributed by atoms with E-state index in [9.17, 15) is 4.79 Å². The first-order valence-corrected chi connectivity index (χ1v) is 10.7. The lowest BCUT2D eigenvalue weighted by Crippen LogP contribution is -2.14. The van der Waals surface area contributed by atoms with Gasteiger partial charge in [-0.25, -0.2) is 4.98 Å². The monoisotopic (exact) mass is 478 g/mol. The van der Waals surface area contributed by atoms with Crippen molar-refractivity contribution < 1.29 is 9.47 Å². The van der Waals surface area contributed by atoms with Gasteiger partial charge in [0.1, 0.15) is 0 Å². The van der Waals surface area contributed by atoms with Crippen molar-refractivity contribution >= 4 is 32.9 Å². The first-order chi connectivity index (χ1) is 15.2. The van der Waals surface area contributed by atoms with Crippen molar-refractivity contribution in [3.8, 4) is 22.6 Å². The maximum absolute atomic E-state index is 12.9. The van der Waals surface area contributed by atoms with Gasteiger partial charge in [0.2, 0.25) is 5.95 Å². The molecule has 2 aromatic carbocycles. The van der Waals surface area contributed by atoms with E-state index >= 15 is 0 Å². The summed E-state index contributed by atoms with van der Waals surface area (Å²) < 4.78 is 12.4. The average Bonchev–Trinajstić information content (AvgIpc) is 3.03. The highest BCUT2D eigenvalue weighted by Gasteiger charge is 2.13. The van der Waals surface area contributed by atoms with E-state index in [0.717, 1.165) is 39.1 Å². The summed E-state index contributed by atoms with van der Waals surface area (Å²) in [7, 11) is 0. The summed E-state index contributed by atoms with van der Waals surface area (Å²) in [5, 5.41) is 3.64. The zero-order valence-corrected chi connectivity index (χ0v) is 18.1. The van der Waals surface area contributed by atoms with Gasteiger partial charge in [-0.3, -0.25) is 9.78 Å². The summed E-state index contributed by atoms with van der Waals surface area (Å²) in [5.74, 6) is 1.85. The molecule has 4 aromatic rings. The largest absolute Gasteiger partial charge is 0.490 e. The molecular weight excluding hydrogens is 460 g/mol. The van der Waals surface area contributed by atoms with Crippen LogP contribution in [0, 0.1) is 0 Å². The third kappa shape index (κ3) is 4.11. The van der Waals surface area contributed by atoms with E-state index in [1.165, 1.54) is 0 Å². The van der Waals surface area contributed by atoms with Crippen molar-refractivity contribution in [3.63, 3.8) is 0 Å². The molecule has 0 radical (unpaired) electrons. The number of anilines is 1. The van der Waals surface area contributed by atoms with Gasteiger partial charge in [0, 0.05) is 23.6 Å². The highest BCUT2D eigenvalue weighted by atomic mass is 79.9. The van der Waals surface area contributed by atoms with Crippen molar-refractivity contribution in [1.29, 1.82) is 0 Å². The molecule has 2 aromatic heterocycles. The summed E-state index contributed by atoms with van der Waals surface area (Å²) in [6.07, 6.45) is 2.53. The zero-order valence-electron chi connectivity index (χ0n) is 16.5. The fourth-order valence-corrected chi connectivity index (χ4v) is 3.78. The Balaban J connectivity index is 1.42. The van der Waals surface area contributed by atoms with Crippen molar-refractivity contribution in [2.75, 3.05) is 18.5 Å². The van der Waals surface area contributed by atoms with Crippen LogP contribution in [-0.2, 0) is 6.54 Å². The number of H-pyrrole nitrogens is 1. The SMILES string of the molecule is O=c1[nH]c(NCc2ccc3c(c2)OCCCO3)nc2nccc(-c3ccc(Br)cc3)c12. The molecule has 0 aliphatic carbocycles. The fourth-order valence-electron chi connectivity index (χ4n) is 3.52. The molecule has 156 valence electrons. The average molecular weight is 479 g/mol. The van der Waals surface area contributed by atoms with Crippen molar-refractivity contribution in [2.24, 2.45) is 0 Å². The number of hydrogen-bond donors (Lipinski definition) is 2. The fraction of sp³-hybridized carbons (Fsp3) is 0.174. The number of benzene rings is 2. The summed E-state index contributed by atoms with van der Waals surface area (Å²) >= 11 is 3.44. The lowest BCUT2D eigenvalue weighted by Gasteiger charge is -2.11. The van der Waals surface area contributed by atoms with Gasteiger partial charge in [-0.1, -0.05) is 34.1 Å². The predicted octanol–water partition coefficient (Wildman–Crippen LogP) is 4.52. The molecule has 2 N–H and O–H groups in total. The van der Waals surface area contributed by atoms with Gasteiger partial charge in [0.25, 0.3) is 5.56 Å². The lowest BCUT2D eigenvalue weighted by molar-refractivity contribution is 0.297. The molecule has 0 unspecified atom stereocenters. The number of aromatic nitrogens is 3. The Morgan fingerprint density at radius 3 is 2.68 bits per heavy atom. The minimum absolute atomic E-state index is 0.239. The molecule has 0 spiro atoms. The lowest BCUT2D eigenvalue weighted by atomic mass is 10.0. The molecule has 1 aliphatic heterocycles. The molecule has 1 aliphatic rings. The van der Waals surface area contributed by atoms with E-state index in [4.69, 9.17) is 9.47 Å². The van der Waals surface area contributed by atoms with E-state index in [1.54, 1.807) is 6.20 Å². The van der Waals surface area contributed by atoms with Crippen LogP contribution in [0.25, 0.3) is 22.2 Å². The van der Waals surface area contributed by atoms with E-state index in [1.807, 2.05) is 48.5 Å². The molecule has 31 heavy (non-hydrogen) atoms. The van der Waals surface area contributed by atoms with Gasteiger partial charge in [-0.2, -0.15) is 4.98 Å².